The van der Waals surface area contributed by atoms with E-state index in [2.05, 4.69) is 41.0 Å². The highest BCUT2D eigenvalue weighted by atomic mass is 16.2. The fourth-order valence-corrected chi connectivity index (χ4v) is 1.58. The summed E-state index contributed by atoms with van der Waals surface area (Å²) < 4.78 is 1.47. The van der Waals surface area contributed by atoms with Crippen LogP contribution in [0.4, 0.5) is 5.95 Å². The Labute approximate surface area is 118 Å². The standard InChI is InChI=1S/C11H9N9O/c21-9(15-11-16-18-19-17-11)7-20-5-2-8(6-14-20)10-12-3-1-4-13-10/h1-6H,7H2,(H,12,13,14)/p+1. The molecular formula is C11H10N9O+. The van der Waals surface area contributed by atoms with Gasteiger partial charge in [0.25, 0.3) is 18.4 Å². The number of hydrogen-bond acceptors (Lipinski definition) is 7. The molecule has 0 aliphatic carbocycles. The third kappa shape index (κ3) is 3.18. The van der Waals surface area contributed by atoms with Crippen molar-refractivity contribution in [1.82, 2.24) is 35.7 Å². The Hall–Kier alpha value is -3.30. The molecule has 3 aromatic heterocycles. The minimum absolute atomic E-state index is 0.0322. The summed E-state index contributed by atoms with van der Waals surface area (Å²) in [6.45, 7) is 0.0322. The van der Waals surface area contributed by atoms with Crippen LogP contribution in [0.25, 0.3) is 11.4 Å². The number of H-pyrrole nitrogens is 1. The van der Waals surface area contributed by atoms with Gasteiger partial charge < -0.3 is 0 Å². The SMILES string of the molecule is O=C(C[n+]1ccc(-c2ncccn2)cn1)Nc1nn[nH]n1. The largest absolute Gasteiger partial charge is 0.295 e. The zero-order valence-corrected chi connectivity index (χ0v) is 10.7. The minimum atomic E-state index is -0.308. The maximum absolute atomic E-state index is 11.7. The zero-order chi connectivity index (χ0) is 14.5. The smallest absolute Gasteiger partial charge is 0.286 e. The van der Waals surface area contributed by atoms with Crippen molar-refractivity contribution >= 4 is 11.9 Å². The molecule has 2 N–H and O–H groups in total. The van der Waals surface area contributed by atoms with E-state index in [0.29, 0.717) is 5.82 Å². The molecular weight excluding hydrogens is 274 g/mol. The molecule has 0 radical (unpaired) electrons. The number of amides is 1. The van der Waals surface area contributed by atoms with Crippen LogP contribution in [0.1, 0.15) is 0 Å². The van der Waals surface area contributed by atoms with Gasteiger partial charge in [-0.3, -0.25) is 10.1 Å². The van der Waals surface area contributed by atoms with Gasteiger partial charge in [-0.25, -0.2) is 9.97 Å². The Bertz CT molecular complexity index is 711. The van der Waals surface area contributed by atoms with Crippen LogP contribution in [-0.2, 0) is 11.3 Å². The summed E-state index contributed by atoms with van der Waals surface area (Å²) >= 11 is 0. The minimum Gasteiger partial charge on any atom is -0.286 e. The van der Waals surface area contributed by atoms with Crippen LogP contribution in [0.2, 0.25) is 0 Å². The molecule has 0 aromatic carbocycles. The lowest BCUT2D eigenvalue weighted by molar-refractivity contribution is -0.742. The first kappa shape index (κ1) is 12.7. The Kier molecular flexibility index (Phi) is 3.50. The fourth-order valence-electron chi connectivity index (χ4n) is 1.58. The first-order chi connectivity index (χ1) is 10.3. The highest BCUT2D eigenvalue weighted by Crippen LogP contribution is 2.09. The number of aromatic nitrogens is 8. The summed E-state index contributed by atoms with van der Waals surface area (Å²) in [5, 5.41) is 19.4. The van der Waals surface area contributed by atoms with Crippen LogP contribution < -0.4 is 10.00 Å². The maximum Gasteiger partial charge on any atom is 0.295 e. The van der Waals surface area contributed by atoms with Crippen molar-refractivity contribution in [2.45, 2.75) is 6.54 Å². The van der Waals surface area contributed by atoms with E-state index in [0.717, 1.165) is 5.56 Å². The molecule has 0 spiro atoms. The second-order valence-electron chi connectivity index (χ2n) is 3.97. The number of carbonyl (C=O) groups excluding carboxylic acids is 1. The van der Waals surface area contributed by atoms with Crippen molar-refractivity contribution in [3.8, 4) is 11.4 Å². The second-order valence-corrected chi connectivity index (χ2v) is 3.97. The average Bonchev–Trinajstić information content (AvgIpc) is 3.02. The van der Waals surface area contributed by atoms with E-state index in [1.54, 1.807) is 36.9 Å². The van der Waals surface area contributed by atoms with Gasteiger partial charge in [-0.1, -0.05) is 9.78 Å². The number of aromatic amines is 1. The van der Waals surface area contributed by atoms with Gasteiger partial charge in [-0.05, 0) is 16.4 Å². The van der Waals surface area contributed by atoms with Gasteiger partial charge in [0.1, 0.15) is 6.20 Å². The van der Waals surface area contributed by atoms with Crippen LogP contribution in [0, 0.1) is 0 Å². The molecule has 3 aromatic rings. The van der Waals surface area contributed by atoms with E-state index in [-0.39, 0.29) is 18.4 Å². The molecule has 104 valence electrons. The fraction of sp³-hybridized carbons (Fsp3) is 0.0909. The summed E-state index contributed by atoms with van der Waals surface area (Å²) in [5.41, 5.74) is 0.769. The average molecular weight is 284 g/mol. The normalized spacial score (nSPS) is 10.3. The first-order valence-electron chi connectivity index (χ1n) is 5.98. The summed E-state index contributed by atoms with van der Waals surface area (Å²) in [7, 11) is 0. The van der Waals surface area contributed by atoms with Crippen molar-refractivity contribution < 1.29 is 9.48 Å². The van der Waals surface area contributed by atoms with Crippen molar-refractivity contribution in [2.24, 2.45) is 0 Å². The lowest BCUT2D eigenvalue weighted by atomic mass is 10.3. The number of hydrogen-bond donors (Lipinski definition) is 2. The predicted octanol–water partition coefficient (Wildman–Crippen LogP) is -1.02. The molecule has 0 saturated carbocycles. The summed E-state index contributed by atoms with van der Waals surface area (Å²) in [5.74, 6) is 0.390. The monoisotopic (exact) mass is 284 g/mol. The summed E-state index contributed by atoms with van der Waals surface area (Å²) in [4.78, 5) is 20.0. The van der Waals surface area contributed by atoms with Gasteiger partial charge in [0.15, 0.2) is 12.0 Å². The predicted molar refractivity (Wildman–Crippen MR) is 68.3 cm³/mol. The van der Waals surface area contributed by atoms with Gasteiger partial charge in [-0.2, -0.15) is 5.21 Å². The number of tetrazole rings is 1. The first-order valence-corrected chi connectivity index (χ1v) is 5.98. The third-order valence-electron chi connectivity index (χ3n) is 2.50. The molecule has 21 heavy (non-hydrogen) atoms. The lowest BCUT2D eigenvalue weighted by Crippen LogP contribution is -2.43. The van der Waals surface area contributed by atoms with Crippen LogP contribution in [0.3, 0.4) is 0 Å². The van der Waals surface area contributed by atoms with Gasteiger partial charge >= 0.3 is 0 Å². The molecule has 10 heteroatoms. The van der Waals surface area contributed by atoms with Crippen LogP contribution in [0.5, 0.6) is 0 Å². The second kappa shape index (κ2) is 5.77. The molecule has 1 amide bonds. The van der Waals surface area contributed by atoms with Crippen molar-refractivity contribution in [3.05, 3.63) is 36.9 Å². The topological polar surface area (TPSA) is 126 Å². The van der Waals surface area contributed by atoms with Crippen LogP contribution in [-0.4, -0.2) is 41.6 Å². The number of nitrogens with zero attached hydrogens (tertiary/aromatic N) is 7. The van der Waals surface area contributed by atoms with E-state index in [1.165, 1.54) is 4.68 Å². The Morgan fingerprint density at radius 1 is 1.33 bits per heavy atom. The third-order valence-corrected chi connectivity index (χ3v) is 2.50. The number of nitrogens with one attached hydrogen (secondary N) is 2. The molecule has 0 aliphatic rings. The molecule has 0 fully saturated rings. The van der Waals surface area contributed by atoms with E-state index < -0.39 is 0 Å². The molecule has 0 saturated heterocycles. The Balaban J connectivity index is 1.66. The van der Waals surface area contributed by atoms with Gasteiger partial charge in [-0.15, -0.1) is 5.10 Å². The molecule has 0 unspecified atom stereocenters. The Morgan fingerprint density at radius 3 is 2.86 bits per heavy atom. The molecule has 0 atom stereocenters. The van der Waals surface area contributed by atoms with Gasteiger partial charge in [0.2, 0.25) is 0 Å². The zero-order valence-electron chi connectivity index (χ0n) is 10.7. The van der Waals surface area contributed by atoms with E-state index in [9.17, 15) is 4.79 Å². The molecule has 10 nitrogen and oxygen atoms in total. The van der Waals surface area contributed by atoms with E-state index in [1.807, 2.05) is 0 Å². The lowest BCUT2D eigenvalue weighted by Gasteiger charge is -1.98. The maximum atomic E-state index is 11.7. The highest BCUT2D eigenvalue weighted by Gasteiger charge is 2.13. The summed E-state index contributed by atoms with van der Waals surface area (Å²) in [6, 6.07) is 3.52. The molecule has 0 aliphatic heterocycles. The van der Waals surface area contributed by atoms with E-state index in [4.69, 9.17) is 0 Å². The number of carbonyl (C=O) groups is 1. The molecule has 0 bridgehead atoms. The van der Waals surface area contributed by atoms with Gasteiger partial charge in [0.05, 0.1) is 0 Å². The quantitative estimate of drug-likeness (QED) is 0.587. The van der Waals surface area contributed by atoms with Gasteiger partial charge in [0, 0.05) is 24.0 Å². The molecule has 3 rings (SSSR count). The van der Waals surface area contributed by atoms with Crippen molar-refractivity contribution in [1.29, 1.82) is 0 Å². The van der Waals surface area contributed by atoms with Crippen molar-refractivity contribution in [3.63, 3.8) is 0 Å². The van der Waals surface area contributed by atoms with Crippen LogP contribution >= 0.6 is 0 Å². The van der Waals surface area contributed by atoms with Crippen molar-refractivity contribution in [2.75, 3.05) is 5.32 Å². The number of rotatable bonds is 4. The Morgan fingerprint density at radius 2 is 2.19 bits per heavy atom. The van der Waals surface area contributed by atoms with Crippen LogP contribution in [0.15, 0.2) is 36.9 Å². The van der Waals surface area contributed by atoms with E-state index >= 15 is 0 Å². The molecule has 3 heterocycles. The number of anilines is 1. The summed E-state index contributed by atoms with van der Waals surface area (Å²) in [6.07, 6.45) is 6.57. The highest BCUT2D eigenvalue weighted by molar-refractivity contribution is 5.87.